The maximum Gasteiger partial charge on any atom is 0.0451 e. The van der Waals surface area contributed by atoms with Gasteiger partial charge < -0.3 is 4.90 Å². The van der Waals surface area contributed by atoms with Crippen LogP contribution in [0, 0.1) is 19.8 Å². The molecular formula is C19H30N2. The maximum absolute atomic E-state index is 4.66. The minimum atomic E-state index is 0.634. The van der Waals surface area contributed by atoms with E-state index in [4.69, 9.17) is 0 Å². The third kappa shape index (κ3) is 4.16. The Morgan fingerprint density at radius 1 is 1.24 bits per heavy atom. The van der Waals surface area contributed by atoms with Gasteiger partial charge in [-0.15, -0.1) is 0 Å². The predicted molar refractivity (Wildman–Crippen MR) is 92.4 cm³/mol. The quantitative estimate of drug-likeness (QED) is 0.739. The van der Waals surface area contributed by atoms with Crippen molar-refractivity contribution >= 4 is 5.71 Å². The number of likely N-dealkylation sites (tertiary alicyclic amines) is 1. The van der Waals surface area contributed by atoms with Gasteiger partial charge in [0, 0.05) is 18.7 Å². The van der Waals surface area contributed by atoms with E-state index in [1.165, 1.54) is 67.7 Å². The molecule has 0 atom stereocenters. The number of aliphatic imine (C=N–C) groups is 1. The van der Waals surface area contributed by atoms with Crippen molar-refractivity contribution in [2.45, 2.75) is 46.5 Å². The Balaban J connectivity index is 2.03. The van der Waals surface area contributed by atoms with Crippen molar-refractivity contribution in [3.63, 3.8) is 0 Å². The number of rotatable bonds is 5. The highest BCUT2D eigenvalue weighted by molar-refractivity contribution is 6.03. The Hall–Kier alpha value is -1.15. The number of piperidine rings is 1. The van der Waals surface area contributed by atoms with Gasteiger partial charge in [0.1, 0.15) is 0 Å². The summed E-state index contributed by atoms with van der Waals surface area (Å²) in [7, 11) is 1.96. The molecule has 2 rings (SSSR count). The topological polar surface area (TPSA) is 15.6 Å². The van der Waals surface area contributed by atoms with Gasteiger partial charge in [-0.1, -0.05) is 37.1 Å². The molecule has 21 heavy (non-hydrogen) atoms. The van der Waals surface area contributed by atoms with Crippen LogP contribution >= 0.6 is 0 Å². The average Bonchev–Trinajstić information content (AvgIpc) is 2.49. The van der Waals surface area contributed by atoms with Crippen molar-refractivity contribution in [3.8, 4) is 0 Å². The van der Waals surface area contributed by atoms with Crippen LogP contribution in [-0.4, -0.2) is 37.3 Å². The molecule has 0 spiro atoms. The molecule has 0 unspecified atom stereocenters. The third-order valence-corrected chi connectivity index (χ3v) is 4.70. The highest BCUT2D eigenvalue weighted by Crippen LogP contribution is 2.24. The van der Waals surface area contributed by atoms with Gasteiger partial charge in [-0.3, -0.25) is 4.99 Å². The second kappa shape index (κ2) is 7.74. The van der Waals surface area contributed by atoms with E-state index < -0.39 is 0 Å². The highest BCUT2D eigenvalue weighted by atomic mass is 15.1. The number of benzene rings is 1. The molecule has 0 bridgehead atoms. The Labute approximate surface area is 130 Å². The molecule has 0 saturated carbocycles. The lowest BCUT2D eigenvalue weighted by Gasteiger charge is -2.33. The predicted octanol–water partition coefficient (Wildman–Crippen LogP) is 4.23. The van der Waals surface area contributed by atoms with Crippen molar-refractivity contribution in [2.75, 3.05) is 26.7 Å². The lowest BCUT2D eigenvalue weighted by molar-refractivity contribution is 0.207. The summed E-state index contributed by atoms with van der Waals surface area (Å²) >= 11 is 0. The van der Waals surface area contributed by atoms with Crippen LogP contribution in [0.1, 0.15) is 49.3 Å². The van der Waals surface area contributed by atoms with Gasteiger partial charge in [0.2, 0.25) is 0 Å². The monoisotopic (exact) mass is 286 g/mol. The van der Waals surface area contributed by atoms with Crippen molar-refractivity contribution in [2.24, 2.45) is 10.9 Å². The Kier molecular flexibility index (Phi) is 5.98. The fraction of sp³-hybridized carbons (Fsp3) is 0.632. The van der Waals surface area contributed by atoms with E-state index >= 15 is 0 Å². The SMILES string of the molecule is CCCCN1CCC(C(=NC)c2ccc(C)cc2C)CC1. The van der Waals surface area contributed by atoms with Crippen LogP contribution in [0.5, 0.6) is 0 Å². The molecule has 1 aliphatic rings. The first-order valence-corrected chi connectivity index (χ1v) is 8.42. The van der Waals surface area contributed by atoms with Crippen molar-refractivity contribution in [3.05, 3.63) is 34.9 Å². The number of hydrogen-bond donors (Lipinski definition) is 0. The molecule has 0 amide bonds. The van der Waals surface area contributed by atoms with E-state index in [0.717, 1.165) is 0 Å². The van der Waals surface area contributed by atoms with E-state index in [-0.39, 0.29) is 0 Å². The molecule has 1 aromatic carbocycles. The van der Waals surface area contributed by atoms with Crippen LogP contribution in [0.15, 0.2) is 23.2 Å². The van der Waals surface area contributed by atoms with Gasteiger partial charge >= 0.3 is 0 Å². The lowest BCUT2D eigenvalue weighted by atomic mass is 9.86. The smallest absolute Gasteiger partial charge is 0.0451 e. The van der Waals surface area contributed by atoms with Gasteiger partial charge in [0.25, 0.3) is 0 Å². The van der Waals surface area contributed by atoms with Crippen molar-refractivity contribution < 1.29 is 0 Å². The molecule has 1 aromatic rings. The average molecular weight is 286 g/mol. The number of nitrogens with zero attached hydrogens (tertiary/aromatic N) is 2. The molecule has 1 fully saturated rings. The van der Waals surface area contributed by atoms with Crippen LogP contribution in [-0.2, 0) is 0 Å². The molecule has 0 aromatic heterocycles. The van der Waals surface area contributed by atoms with Crippen LogP contribution in [0.3, 0.4) is 0 Å². The Bertz CT molecular complexity index is 482. The zero-order valence-electron chi connectivity index (χ0n) is 14.2. The fourth-order valence-corrected chi connectivity index (χ4v) is 3.44. The van der Waals surface area contributed by atoms with Crippen molar-refractivity contribution in [1.82, 2.24) is 4.90 Å². The summed E-state index contributed by atoms with van der Waals surface area (Å²) in [4.78, 5) is 7.28. The number of unbranched alkanes of at least 4 members (excludes halogenated alkanes) is 1. The van der Waals surface area contributed by atoms with E-state index in [0.29, 0.717) is 5.92 Å². The summed E-state index contributed by atoms with van der Waals surface area (Å²) in [6.45, 7) is 10.4. The molecule has 1 saturated heterocycles. The summed E-state index contributed by atoms with van der Waals surface area (Å²) < 4.78 is 0. The molecule has 0 radical (unpaired) electrons. The Morgan fingerprint density at radius 2 is 1.95 bits per heavy atom. The van der Waals surface area contributed by atoms with Crippen LogP contribution in [0.4, 0.5) is 0 Å². The van der Waals surface area contributed by atoms with E-state index in [1.54, 1.807) is 0 Å². The fourth-order valence-electron chi connectivity index (χ4n) is 3.44. The summed E-state index contributed by atoms with van der Waals surface area (Å²) in [5.74, 6) is 0.634. The van der Waals surface area contributed by atoms with Gasteiger partial charge in [-0.05, 0) is 63.9 Å². The Morgan fingerprint density at radius 3 is 2.52 bits per heavy atom. The third-order valence-electron chi connectivity index (χ3n) is 4.70. The summed E-state index contributed by atoms with van der Waals surface area (Å²) in [5, 5.41) is 0. The van der Waals surface area contributed by atoms with Crippen molar-refractivity contribution in [1.29, 1.82) is 0 Å². The normalized spacial score (nSPS) is 18.2. The zero-order chi connectivity index (χ0) is 15.2. The first-order chi connectivity index (χ1) is 10.2. The van der Waals surface area contributed by atoms with Gasteiger partial charge in [0.15, 0.2) is 0 Å². The number of hydrogen-bond acceptors (Lipinski definition) is 2. The maximum atomic E-state index is 4.66. The molecule has 116 valence electrons. The summed E-state index contributed by atoms with van der Waals surface area (Å²) in [5.41, 5.74) is 5.38. The van der Waals surface area contributed by atoms with E-state index in [1.807, 2.05) is 7.05 Å². The van der Waals surface area contributed by atoms with Crippen LogP contribution < -0.4 is 0 Å². The summed E-state index contributed by atoms with van der Waals surface area (Å²) in [6.07, 6.45) is 5.13. The van der Waals surface area contributed by atoms with E-state index in [9.17, 15) is 0 Å². The van der Waals surface area contributed by atoms with Crippen LogP contribution in [0.25, 0.3) is 0 Å². The highest BCUT2D eigenvalue weighted by Gasteiger charge is 2.24. The second-order valence-corrected chi connectivity index (χ2v) is 6.40. The van der Waals surface area contributed by atoms with Gasteiger partial charge in [0.05, 0.1) is 0 Å². The zero-order valence-corrected chi connectivity index (χ0v) is 14.2. The largest absolute Gasteiger partial charge is 0.303 e. The second-order valence-electron chi connectivity index (χ2n) is 6.40. The van der Waals surface area contributed by atoms with Crippen LogP contribution in [0.2, 0.25) is 0 Å². The first-order valence-electron chi connectivity index (χ1n) is 8.42. The molecule has 0 N–H and O–H groups in total. The molecule has 2 nitrogen and oxygen atoms in total. The van der Waals surface area contributed by atoms with E-state index in [2.05, 4.69) is 48.9 Å². The van der Waals surface area contributed by atoms with Gasteiger partial charge in [-0.25, -0.2) is 0 Å². The number of aryl methyl sites for hydroxylation is 2. The minimum absolute atomic E-state index is 0.634. The minimum Gasteiger partial charge on any atom is -0.303 e. The first kappa shape index (κ1) is 16.2. The summed E-state index contributed by atoms with van der Waals surface area (Å²) in [6, 6.07) is 6.75. The van der Waals surface area contributed by atoms with Gasteiger partial charge in [-0.2, -0.15) is 0 Å². The standard InChI is InChI=1S/C19H30N2/c1-5-6-11-21-12-9-17(10-13-21)19(20-4)18-8-7-15(2)14-16(18)3/h7-8,14,17H,5-6,9-13H2,1-4H3. The molecule has 1 heterocycles. The lowest BCUT2D eigenvalue weighted by Crippen LogP contribution is -2.37. The molecular weight excluding hydrogens is 256 g/mol. The molecule has 2 heteroatoms. The molecule has 0 aliphatic carbocycles. The molecule has 1 aliphatic heterocycles.